The number of nitrogens with two attached hydrogens (primary N) is 1. The Morgan fingerprint density at radius 1 is 1.12 bits per heavy atom. The fraction of sp³-hybridized carbons (Fsp3) is 0.545. The molecular weight excluding hydrogens is 466 g/mol. The molecule has 0 saturated carbocycles. The molecule has 0 radical (unpaired) electrons. The van der Waals surface area contributed by atoms with Crippen LogP contribution in [0.2, 0.25) is 6.32 Å². The highest BCUT2D eigenvalue weighted by atomic mass is 35.5. The lowest BCUT2D eigenvalue weighted by Gasteiger charge is -2.40. The lowest BCUT2D eigenvalue weighted by atomic mass is 9.74. The summed E-state index contributed by atoms with van der Waals surface area (Å²) in [4.78, 5) is 14.3. The van der Waals surface area contributed by atoms with E-state index in [1.165, 1.54) is 11.1 Å². The average Bonchev–Trinajstić information content (AvgIpc) is 3.24. The van der Waals surface area contributed by atoms with Gasteiger partial charge in [-0.15, -0.1) is 24.8 Å². The standard InChI is InChI=1S/C22H33BN4O4.2ClH/c24-22(21(28)29,9-1-2-10-23(30)31)20-7-13-26(14-8-20)16-18-5-3-6-19(15-18)17-27-12-4-11-25-27;;/h3-6,11-12,15,20,30-31H,1-2,7-10,13-14,16-17,24H2,(H,28,29);2*1H. The van der Waals surface area contributed by atoms with Gasteiger partial charge in [-0.1, -0.05) is 37.1 Å². The average molecular weight is 501 g/mol. The van der Waals surface area contributed by atoms with E-state index in [1.54, 1.807) is 6.20 Å². The van der Waals surface area contributed by atoms with Gasteiger partial charge in [-0.25, -0.2) is 0 Å². The second kappa shape index (κ2) is 13.9. The van der Waals surface area contributed by atoms with Crippen LogP contribution in [0.15, 0.2) is 42.7 Å². The molecular formula is C22H35BCl2N4O4. The molecule has 5 N–H and O–H groups in total. The molecule has 11 heteroatoms. The molecule has 1 saturated heterocycles. The first kappa shape index (κ1) is 29.4. The number of carboxylic acids is 1. The summed E-state index contributed by atoms with van der Waals surface area (Å²) < 4.78 is 1.90. The van der Waals surface area contributed by atoms with Gasteiger partial charge in [0.15, 0.2) is 0 Å². The minimum Gasteiger partial charge on any atom is -0.480 e. The fourth-order valence-corrected chi connectivity index (χ4v) is 4.50. The highest BCUT2D eigenvalue weighted by Crippen LogP contribution is 2.32. The van der Waals surface area contributed by atoms with Crippen molar-refractivity contribution in [1.29, 1.82) is 0 Å². The number of unbranched alkanes of at least 4 members (excludes halogenated alkanes) is 1. The summed E-state index contributed by atoms with van der Waals surface area (Å²) in [6, 6.07) is 10.4. The molecule has 0 aliphatic carbocycles. The van der Waals surface area contributed by atoms with Crippen molar-refractivity contribution in [2.24, 2.45) is 11.7 Å². The van der Waals surface area contributed by atoms with Crippen molar-refractivity contribution in [2.45, 2.75) is 57.1 Å². The van der Waals surface area contributed by atoms with Gasteiger partial charge in [0, 0.05) is 18.9 Å². The van der Waals surface area contributed by atoms with Crippen LogP contribution in [-0.2, 0) is 17.9 Å². The molecule has 1 unspecified atom stereocenters. The summed E-state index contributed by atoms with van der Waals surface area (Å²) in [5, 5.41) is 32.0. The lowest BCUT2D eigenvalue weighted by molar-refractivity contribution is -0.147. The second-order valence-corrected chi connectivity index (χ2v) is 8.65. The van der Waals surface area contributed by atoms with E-state index in [0.29, 0.717) is 19.3 Å². The molecule has 0 spiro atoms. The number of benzene rings is 1. The van der Waals surface area contributed by atoms with Gasteiger partial charge in [0.05, 0.1) is 6.54 Å². The Kier molecular flexibility index (Phi) is 12.4. The molecule has 1 fully saturated rings. The predicted molar refractivity (Wildman–Crippen MR) is 134 cm³/mol. The van der Waals surface area contributed by atoms with Gasteiger partial charge in [-0.3, -0.25) is 14.4 Å². The maximum absolute atomic E-state index is 11.9. The number of carboxylic acid groups (broad SMARTS) is 1. The van der Waals surface area contributed by atoms with Crippen molar-refractivity contribution in [3.63, 3.8) is 0 Å². The maximum atomic E-state index is 11.9. The molecule has 3 rings (SSSR count). The summed E-state index contributed by atoms with van der Waals surface area (Å²) in [5.41, 5.74) is 7.55. The van der Waals surface area contributed by atoms with Crippen molar-refractivity contribution in [2.75, 3.05) is 13.1 Å². The van der Waals surface area contributed by atoms with Crippen LogP contribution in [0.25, 0.3) is 0 Å². The quantitative estimate of drug-likeness (QED) is 0.275. The van der Waals surface area contributed by atoms with Crippen LogP contribution in [0, 0.1) is 5.92 Å². The van der Waals surface area contributed by atoms with E-state index < -0.39 is 18.6 Å². The topological polar surface area (TPSA) is 125 Å². The third-order valence-corrected chi connectivity index (χ3v) is 6.32. The van der Waals surface area contributed by atoms with Gasteiger partial charge >= 0.3 is 13.1 Å². The molecule has 1 aromatic heterocycles. The van der Waals surface area contributed by atoms with Crippen LogP contribution in [0.5, 0.6) is 0 Å². The van der Waals surface area contributed by atoms with Crippen molar-refractivity contribution in [3.8, 4) is 0 Å². The number of nitrogens with zero attached hydrogens (tertiary/aromatic N) is 3. The Hall–Kier alpha value is -1.62. The number of piperidine rings is 1. The van der Waals surface area contributed by atoms with Gasteiger partial charge in [0.2, 0.25) is 0 Å². The van der Waals surface area contributed by atoms with Crippen LogP contribution in [0.3, 0.4) is 0 Å². The van der Waals surface area contributed by atoms with Crippen LogP contribution in [-0.4, -0.2) is 61.6 Å². The Morgan fingerprint density at radius 3 is 2.36 bits per heavy atom. The summed E-state index contributed by atoms with van der Waals surface area (Å²) in [5.74, 6) is -1.03. The third-order valence-electron chi connectivity index (χ3n) is 6.32. The normalized spacial score (nSPS) is 16.3. The number of aromatic nitrogens is 2. The van der Waals surface area contributed by atoms with E-state index in [9.17, 15) is 9.90 Å². The molecule has 8 nitrogen and oxygen atoms in total. The molecule has 33 heavy (non-hydrogen) atoms. The Labute approximate surface area is 208 Å². The molecule has 1 aromatic carbocycles. The van der Waals surface area contributed by atoms with E-state index in [4.69, 9.17) is 15.8 Å². The Morgan fingerprint density at radius 2 is 1.79 bits per heavy atom. The second-order valence-electron chi connectivity index (χ2n) is 8.65. The molecule has 0 bridgehead atoms. The van der Waals surface area contributed by atoms with Crippen LogP contribution >= 0.6 is 24.8 Å². The third kappa shape index (κ3) is 8.59. The smallest absolute Gasteiger partial charge is 0.451 e. The first-order valence-electron chi connectivity index (χ1n) is 11.0. The Bertz CT molecular complexity index is 836. The van der Waals surface area contributed by atoms with Crippen LogP contribution < -0.4 is 5.73 Å². The van der Waals surface area contributed by atoms with Crippen molar-refractivity contribution < 1.29 is 19.9 Å². The first-order valence-corrected chi connectivity index (χ1v) is 11.0. The molecule has 2 aromatic rings. The number of hydrogen-bond acceptors (Lipinski definition) is 6. The molecule has 1 aliphatic rings. The first-order chi connectivity index (χ1) is 14.9. The minimum absolute atomic E-state index is 0. The van der Waals surface area contributed by atoms with Gasteiger partial charge in [-0.05, 0) is 61.8 Å². The zero-order chi connectivity index (χ0) is 22.3. The molecule has 1 aliphatic heterocycles. The predicted octanol–water partition coefficient (Wildman–Crippen LogP) is 2.41. The highest BCUT2D eigenvalue weighted by molar-refractivity contribution is 6.40. The van der Waals surface area contributed by atoms with E-state index in [1.807, 2.05) is 16.9 Å². The largest absolute Gasteiger partial charge is 0.480 e. The molecule has 2 heterocycles. The van der Waals surface area contributed by atoms with Gasteiger partial charge in [0.1, 0.15) is 5.54 Å². The molecule has 1 atom stereocenters. The zero-order valence-electron chi connectivity index (χ0n) is 18.8. The summed E-state index contributed by atoms with van der Waals surface area (Å²) in [7, 11) is -1.35. The van der Waals surface area contributed by atoms with Crippen LogP contribution in [0.4, 0.5) is 0 Å². The van der Waals surface area contributed by atoms with Crippen molar-refractivity contribution in [1.82, 2.24) is 14.7 Å². The zero-order valence-corrected chi connectivity index (χ0v) is 20.4. The summed E-state index contributed by atoms with van der Waals surface area (Å²) in [6.45, 7) is 3.20. The SMILES string of the molecule is Cl.Cl.NC(CCCCB(O)O)(C(=O)O)C1CCN(Cc2cccc(Cn3cccn3)c2)CC1. The lowest BCUT2D eigenvalue weighted by Crippen LogP contribution is -2.56. The minimum atomic E-state index is -1.35. The molecule has 0 amide bonds. The van der Waals surface area contributed by atoms with Gasteiger partial charge < -0.3 is 20.9 Å². The van der Waals surface area contributed by atoms with E-state index in [0.717, 1.165) is 39.0 Å². The summed E-state index contributed by atoms with van der Waals surface area (Å²) >= 11 is 0. The monoisotopic (exact) mass is 500 g/mol. The van der Waals surface area contributed by atoms with Gasteiger partial charge in [0.25, 0.3) is 0 Å². The number of hydrogen-bond donors (Lipinski definition) is 4. The number of halogens is 2. The van der Waals surface area contributed by atoms with Gasteiger partial charge in [-0.2, -0.15) is 5.10 Å². The van der Waals surface area contributed by atoms with E-state index in [-0.39, 0.29) is 37.1 Å². The number of likely N-dealkylation sites (tertiary alicyclic amines) is 1. The number of carbonyl (C=O) groups is 1. The Balaban J connectivity index is 0.00000272. The maximum Gasteiger partial charge on any atom is 0.451 e. The van der Waals surface area contributed by atoms with E-state index in [2.05, 4.69) is 34.3 Å². The van der Waals surface area contributed by atoms with E-state index >= 15 is 0 Å². The number of rotatable bonds is 11. The number of aliphatic carboxylic acids is 1. The van der Waals surface area contributed by atoms with Crippen molar-refractivity contribution in [3.05, 3.63) is 53.9 Å². The van der Waals surface area contributed by atoms with Crippen LogP contribution in [0.1, 0.15) is 43.2 Å². The molecule has 184 valence electrons. The fourth-order valence-electron chi connectivity index (χ4n) is 4.50. The highest BCUT2D eigenvalue weighted by Gasteiger charge is 2.42. The summed E-state index contributed by atoms with van der Waals surface area (Å²) in [6.07, 6.45) is 6.95. The van der Waals surface area contributed by atoms with Crippen molar-refractivity contribution >= 4 is 37.9 Å².